The fourth-order valence-electron chi connectivity index (χ4n) is 3.41. The summed E-state index contributed by atoms with van der Waals surface area (Å²) < 4.78 is 6.89. The third-order valence-corrected chi connectivity index (χ3v) is 5.29. The van der Waals surface area contributed by atoms with E-state index in [1.807, 2.05) is 12.3 Å². The SMILES string of the molecule is CC(C)(C)c1ccc(N(CCN2CCOCC2)C(=O)n2cnc3nnncc32)[nH+]c1. The fourth-order valence-corrected chi connectivity index (χ4v) is 3.41. The molecule has 1 N–H and O–H groups in total. The number of amides is 1. The first-order chi connectivity index (χ1) is 14.4. The zero-order valence-corrected chi connectivity index (χ0v) is 17.6. The lowest BCUT2D eigenvalue weighted by molar-refractivity contribution is -0.364. The predicted molar refractivity (Wildman–Crippen MR) is 110 cm³/mol. The number of pyridine rings is 1. The number of morpholine rings is 1. The van der Waals surface area contributed by atoms with Gasteiger partial charge in [0, 0.05) is 25.7 Å². The van der Waals surface area contributed by atoms with Gasteiger partial charge >= 0.3 is 6.03 Å². The first-order valence-corrected chi connectivity index (χ1v) is 10.1. The van der Waals surface area contributed by atoms with E-state index in [0.717, 1.165) is 38.7 Å². The average molecular weight is 411 g/mol. The van der Waals surface area contributed by atoms with E-state index in [1.54, 1.807) is 4.90 Å². The number of nitrogens with zero attached hydrogens (tertiary/aromatic N) is 7. The first kappa shape index (κ1) is 20.3. The fraction of sp³-hybridized carbons (Fsp3) is 0.500. The molecule has 10 nitrogen and oxygen atoms in total. The van der Waals surface area contributed by atoms with Gasteiger partial charge in [0.15, 0.2) is 0 Å². The molecule has 0 aliphatic carbocycles. The molecule has 1 aliphatic heterocycles. The van der Waals surface area contributed by atoms with Crippen molar-refractivity contribution in [1.82, 2.24) is 29.9 Å². The van der Waals surface area contributed by atoms with E-state index in [0.29, 0.717) is 17.7 Å². The minimum atomic E-state index is -0.222. The Hall–Kier alpha value is -2.98. The lowest BCUT2D eigenvalue weighted by Crippen LogP contribution is -2.45. The molecule has 3 aromatic rings. The average Bonchev–Trinajstić information content (AvgIpc) is 3.18. The predicted octanol–water partition coefficient (Wildman–Crippen LogP) is 1.14. The molecule has 0 aromatic carbocycles. The van der Waals surface area contributed by atoms with Crippen molar-refractivity contribution < 1.29 is 14.5 Å². The van der Waals surface area contributed by atoms with E-state index < -0.39 is 0 Å². The van der Waals surface area contributed by atoms with E-state index in [1.165, 1.54) is 22.7 Å². The molecular weight excluding hydrogens is 384 g/mol. The summed E-state index contributed by atoms with van der Waals surface area (Å²) in [4.78, 5) is 25.0. The van der Waals surface area contributed by atoms with Crippen molar-refractivity contribution in [1.29, 1.82) is 0 Å². The van der Waals surface area contributed by atoms with Crippen LogP contribution in [0.2, 0.25) is 0 Å². The van der Waals surface area contributed by atoms with E-state index in [-0.39, 0.29) is 11.4 Å². The molecule has 0 bridgehead atoms. The summed E-state index contributed by atoms with van der Waals surface area (Å²) in [6, 6.07) is 3.79. The van der Waals surface area contributed by atoms with Gasteiger partial charge in [-0.1, -0.05) is 20.8 Å². The van der Waals surface area contributed by atoms with Crippen LogP contribution in [-0.4, -0.2) is 75.3 Å². The number of carbonyl (C=O) groups excluding carboxylic acids is 1. The van der Waals surface area contributed by atoms with Gasteiger partial charge < -0.3 is 4.74 Å². The van der Waals surface area contributed by atoms with Crippen LogP contribution in [0.15, 0.2) is 30.9 Å². The second kappa shape index (κ2) is 8.41. The standard InChI is InChI=1S/C20H26N8O2/c1-20(2,3)15-4-5-17(21-12-15)27(7-6-26-8-10-30-11-9-26)19(29)28-14-22-18-16(28)13-23-25-24-18/h4-5,12-14H,6-11H2,1-3H3/p+1. The van der Waals surface area contributed by atoms with Gasteiger partial charge in [0.05, 0.1) is 25.6 Å². The van der Waals surface area contributed by atoms with Crippen molar-refractivity contribution in [3.63, 3.8) is 0 Å². The third-order valence-electron chi connectivity index (χ3n) is 5.29. The number of H-pyrrole nitrogens is 1. The number of ether oxygens (including phenoxy) is 1. The summed E-state index contributed by atoms with van der Waals surface area (Å²) in [6.07, 6.45) is 4.93. The Morgan fingerprint density at radius 1 is 1.27 bits per heavy atom. The minimum absolute atomic E-state index is 0.0164. The number of carbonyl (C=O) groups is 1. The van der Waals surface area contributed by atoms with Crippen molar-refractivity contribution in [2.45, 2.75) is 26.2 Å². The quantitative estimate of drug-likeness (QED) is 0.634. The van der Waals surface area contributed by atoms with Crippen LogP contribution in [-0.2, 0) is 10.2 Å². The molecule has 4 rings (SSSR count). The normalized spacial score (nSPS) is 15.4. The van der Waals surface area contributed by atoms with E-state index in [9.17, 15) is 4.79 Å². The van der Waals surface area contributed by atoms with Gasteiger partial charge in [-0.25, -0.2) is 19.3 Å². The minimum Gasteiger partial charge on any atom is -0.379 e. The van der Waals surface area contributed by atoms with E-state index >= 15 is 0 Å². The number of anilines is 1. The number of hydrogen-bond donors (Lipinski definition) is 0. The van der Waals surface area contributed by atoms with Gasteiger partial charge in [0.2, 0.25) is 5.65 Å². The van der Waals surface area contributed by atoms with Crippen molar-refractivity contribution in [2.24, 2.45) is 0 Å². The maximum Gasteiger partial charge on any atom is 0.421 e. The number of rotatable bonds is 4. The maximum absolute atomic E-state index is 13.5. The molecule has 1 aliphatic rings. The summed E-state index contributed by atoms with van der Waals surface area (Å²) >= 11 is 0. The van der Waals surface area contributed by atoms with Crippen LogP contribution in [0, 0.1) is 0 Å². The molecule has 1 fully saturated rings. The van der Waals surface area contributed by atoms with Crippen LogP contribution >= 0.6 is 0 Å². The molecule has 3 aromatic heterocycles. The second-order valence-corrected chi connectivity index (χ2v) is 8.36. The van der Waals surface area contributed by atoms with Crippen LogP contribution < -0.4 is 9.88 Å². The van der Waals surface area contributed by atoms with Crippen molar-refractivity contribution in [3.8, 4) is 0 Å². The molecular formula is C20H27N8O2+. The lowest BCUT2D eigenvalue weighted by Gasteiger charge is -2.27. The number of aromatic amines is 1. The number of hydrogen-bond acceptors (Lipinski definition) is 7. The zero-order chi connectivity index (χ0) is 21.1. The number of nitrogens with one attached hydrogen (secondary N) is 1. The van der Waals surface area contributed by atoms with Crippen molar-refractivity contribution >= 4 is 23.0 Å². The smallest absolute Gasteiger partial charge is 0.379 e. The Balaban J connectivity index is 1.63. The van der Waals surface area contributed by atoms with E-state index in [4.69, 9.17) is 4.74 Å². The van der Waals surface area contributed by atoms with Gasteiger partial charge in [0.1, 0.15) is 18.4 Å². The van der Waals surface area contributed by atoms with Gasteiger partial charge in [-0.3, -0.25) is 4.90 Å². The Labute approximate surface area is 174 Å². The first-order valence-electron chi connectivity index (χ1n) is 10.1. The second-order valence-electron chi connectivity index (χ2n) is 8.36. The maximum atomic E-state index is 13.5. The monoisotopic (exact) mass is 411 g/mol. The molecule has 0 spiro atoms. The number of aromatic nitrogens is 6. The Morgan fingerprint density at radius 2 is 2.07 bits per heavy atom. The molecule has 0 radical (unpaired) electrons. The number of imidazole rings is 1. The van der Waals surface area contributed by atoms with Gasteiger partial charge in [-0.2, -0.15) is 4.90 Å². The lowest BCUT2D eigenvalue weighted by atomic mass is 9.88. The van der Waals surface area contributed by atoms with E-state index in [2.05, 4.69) is 57.1 Å². The molecule has 0 atom stereocenters. The van der Waals surface area contributed by atoms with Crippen LogP contribution in [0.1, 0.15) is 26.3 Å². The van der Waals surface area contributed by atoms with Gasteiger partial charge in [-0.05, 0) is 22.3 Å². The molecule has 1 saturated heterocycles. The van der Waals surface area contributed by atoms with Gasteiger partial charge in [0.25, 0.3) is 5.82 Å². The van der Waals surface area contributed by atoms with Crippen molar-refractivity contribution in [3.05, 3.63) is 36.4 Å². The Kier molecular flexibility index (Phi) is 5.69. The molecule has 158 valence electrons. The highest BCUT2D eigenvalue weighted by molar-refractivity contribution is 5.97. The largest absolute Gasteiger partial charge is 0.421 e. The topological polar surface area (TPSA) is 103 Å². The summed E-state index contributed by atoms with van der Waals surface area (Å²) in [7, 11) is 0. The molecule has 0 unspecified atom stereocenters. The van der Waals surface area contributed by atoms with Crippen LogP contribution in [0.3, 0.4) is 0 Å². The summed E-state index contributed by atoms with van der Waals surface area (Å²) in [5.74, 6) is 0.720. The summed E-state index contributed by atoms with van der Waals surface area (Å²) in [5, 5.41) is 11.3. The molecule has 10 heteroatoms. The van der Waals surface area contributed by atoms with Gasteiger partial charge in [-0.15, -0.1) is 10.2 Å². The highest BCUT2D eigenvalue weighted by Crippen LogP contribution is 2.22. The summed E-state index contributed by atoms with van der Waals surface area (Å²) in [6.45, 7) is 10.9. The van der Waals surface area contributed by atoms with Crippen molar-refractivity contribution in [2.75, 3.05) is 44.3 Å². The zero-order valence-electron chi connectivity index (χ0n) is 17.6. The highest BCUT2D eigenvalue weighted by Gasteiger charge is 2.29. The Morgan fingerprint density at radius 3 is 2.77 bits per heavy atom. The molecule has 4 heterocycles. The molecule has 30 heavy (non-hydrogen) atoms. The van der Waals surface area contributed by atoms with Crippen LogP contribution in [0.5, 0.6) is 0 Å². The van der Waals surface area contributed by atoms with Crippen LogP contribution in [0.25, 0.3) is 11.2 Å². The molecule has 1 amide bonds. The third kappa shape index (κ3) is 4.29. The number of fused-ring (bicyclic) bond motifs is 1. The Bertz CT molecular complexity index is 1010. The molecule has 0 saturated carbocycles. The highest BCUT2D eigenvalue weighted by atomic mass is 16.5. The summed E-state index contributed by atoms with van der Waals surface area (Å²) in [5.41, 5.74) is 2.10. The van der Waals surface area contributed by atoms with Crippen LogP contribution in [0.4, 0.5) is 10.6 Å².